The van der Waals surface area contributed by atoms with Gasteiger partial charge in [-0.1, -0.05) is 134 Å². The number of fused-ring (bicyclic) bond motifs is 1. The van der Waals surface area contributed by atoms with Gasteiger partial charge in [0.15, 0.2) is 11.6 Å². The molecule has 76 heavy (non-hydrogen) atoms. The van der Waals surface area contributed by atoms with Crippen molar-refractivity contribution >= 4 is 76.6 Å². The number of rotatable bonds is 27. The fraction of sp³-hybridized carbons (Fsp3) is 0.222. The molecular weight excluding hydrogens is 1020 g/mol. The largest absolute Gasteiger partial charge is 0.572 e. The molecule has 0 saturated carbocycles. The van der Waals surface area contributed by atoms with Crippen LogP contribution in [0, 0.1) is 5.92 Å². The monoisotopic (exact) mass is 1080 g/mol. The predicted octanol–water partition coefficient (Wildman–Crippen LogP) is 6.33. The summed E-state index contributed by atoms with van der Waals surface area (Å²) in [6.45, 7) is -0.538. The second-order valence-electron chi connectivity index (χ2n) is 17.7. The summed E-state index contributed by atoms with van der Waals surface area (Å²) in [6.07, 6.45) is 0.543. The molecule has 0 aromatic heterocycles. The Bertz CT molecular complexity index is 3200. The van der Waals surface area contributed by atoms with Crippen molar-refractivity contribution < 1.29 is 69.2 Å². The minimum Gasteiger partial charge on any atom is -0.404 e. The maximum absolute atomic E-state index is 14.7. The summed E-state index contributed by atoms with van der Waals surface area (Å²) in [6, 6.07) is 37.2. The number of allylic oxidation sites excluding steroid dienone is 1. The lowest BCUT2D eigenvalue weighted by Crippen LogP contribution is -2.55. The molecule has 7 N–H and O–H groups in total. The topological polar surface area (TPSA) is 272 Å². The van der Waals surface area contributed by atoms with E-state index in [1.54, 1.807) is 54.6 Å². The van der Waals surface area contributed by atoms with Crippen molar-refractivity contribution in [2.75, 3.05) is 18.8 Å². The van der Waals surface area contributed by atoms with Crippen LogP contribution in [-0.2, 0) is 53.1 Å². The molecule has 6 aromatic rings. The fourth-order valence-electron chi connectivity index (χ4n) is 8.16. The molecule has 0 fully saturated rings. The highest BCUT2D eigenvalue weighted by molar-refractivity contribution is 7.85. The van der Waals surface area contributed by atoms with Crippen molar-refractivity contribution in [1.82, 2.24) is 21.3 Å². The molecule has 0 aliphatic heterocycles. The lowest BCUT2D eigenvalue weighted by molar-refractivity contribution is -0.137. The normalized spacial score (nSPS) is 12.9. The van der Waals surface area contributed by atoms with E-state index in [-0.39, 0.29) is 67.5 Å². The highest BCUT2D eigenvalue weighted by Crippen LogP contribution is 2.37. The summed E-state index contributed by atoms with van der Waals surface area (Å²) in [7, 11) is -12.4. The van der Waals surface area contributed by atoms with Crippen molar-refractivity contribution in [2.45, 2.75) is 50.6 Å². The van der Waals surface area contributed by atoms with E-state index in [4.69, 9.17) is 0 Å². The molecule has 0 radical (unpaired) electrons. The van der Waals surface area contributed by atoms with E-state index in [0.29, 0.717) is 16.7 Å². The first-order chi connectivity index (χ1) is 36.2. The van der Waals surface area contributed by atoms with Crippen LogP contribution in [0.5, 0.6) is 5.75 Å². The Morgan fingerprint density at radius 2 is 1.22 bits per heavy atom. The lowest BCUT2D eigenvalue weighted by Gasteiger charge is -2.26. The van der Waals surface area contributed by atoms with Crippen LogP contribution < -0.4 is 25.8 Å². The van der Waals surface area contributed by atoms with E-state index in [1.165, 1.54) is 60.7 Å². The van der Waals surface area contributed by atoms with Gasteiger partial charge in [0, 0.05) is 36.1 Å². The smallest absolute Gasteiger partial charge is 0.404 e. The minimum atomic E-state index is -4.90. The number of phosphoric ester groups is 1. The molecule has 0 spiro atoms. The summed E-state index contributed by atoms with van der Waals surface area (Å²) in [5.41, 5.74) is 1.47. The fourth-order valence-corrected chi connectivity index (χ4v) is 8.91. The Morgan fingerprint density at radius 1 is 0.632 bits per heavy atom. The van der Waals surface area contributed by atoms with Crippen molar-refractivity contribution in [1.29, 1.82) is 0 Å². The number of hydrogen-bond acceptors (Lipinski definition) is 10. The standard InChI is InChI=1S/C54H54BF2N4O13PS/c56-55(57)46(35-49(62)41-14-5-2-6-15-41)40-22-24-42(25-23-40)52(65)58-28-10-9-17-45(53(66)59-29-30-76(71,72)73)51(64)47(32-36-11-3-1-4-12-36)61-54(67)48(33-37-19-26-44(27-20-37)74-75(68,69)70)60-50(63)34-38-18-21-39-13-7-8-16-43(39)31-38/h1-8,11-16,18-27,31,35,45,47-48H,9-10,17,28-30,32-34H2,(H,58,65)(H,59,66)(H,60,63)(H,61,67)(H2,68,69,70)(H,71,72,73)/b46-35-/t45-,47-,48-/m1/s1. The molecule has 396 valence electrons. The van der Waals surface area contributed by atoms with Gasteiger partial charge in [0.2, 0.25) is 17.7 Å². The molecule has 0 aliphatic rings. The van der Waals surface area contributed by atoms with Gasteiger partial charge in [-0.3, -0.25) is 51.7 Å². The van der Waals surface area contributed by atoms with Crippen LogP contribution in [-0.4, -0.2) is 96.1 Å². The summed E-state index contributed by atoms with van der Waals surface area (Å²) < 4.78 is 76.7. The van der Waals surface area contributed by atoms with Gasteiger partial charge in [-0.25, -0.2) is 4.57 Å². The number of ketones is 2. The highest BCUT2D eigenvalue weighted by Gasteiger charge is 2.35. The third kappa shape index (κ3) is 18.3. The van der Waals surface area contributed by atoms with Crippen LogP contribution in [0.3, 0.4) is 0 Å². The third-order valence-electron chi connectivity index (χ3n) is 11.9. The van der Waals surface area contributed by atoms with Gasteiger partial charge in [-0.15, -0.1) is 0 Å². The average molecular weight is 1080 g/mol. The van der Waals surface area contributed by atoms with Crippen LogP contribution in [0.1, 0.15) is 62.2 Å². The van der Waals surface area contributed by atoms with E-state index in [2.05, 4.69) is 25.8 Å². The second-order valence-corrected chi connectivity index (χ2v) is 20.4. The molecule has 17 nitrogen and oxygen atoms in total. The number of nitrogens with one attached hydrogen (secondary N) is 4. The first-order valence-corrected chi connectivity index (χ1v) is 27.0. The Balaban J connectivity index is 1.18. The van der Waals surface area contributed by atoms with Gasteiger partial charge < -0.3 is 25.8 Å². The van der Waals surface area contributed by atoms with E-state index in [1.807, 2.05) is 36.4 Å². The SMILES string of the molecule is O=C(Cc1ccc2ccccc2c1)N[C@H](Cc1ccc(OP(=O)(O)O)cc1)C(=O)N[C@H](Cc1ccccc1)C(=O)[C@@H](CCCCNC(=O)c1ccc(/C(=C/C(=O)c2ccccc2)B(F)F)cc1)C(=O)NCCS(=O)(=O)O. The number of hydrogen-bond donors (Lipinski definition) is 7. The molecule has 4 amide bonds. The zero-order valence-corrected chi connectivity index (χ0v) is 42.4. The number of unbranched alkanes of at least 4 members (excludes halogenated alkanes) is 1. The Hall–Kier alpha value is -7.68. The van der Waals surface area contributed by atoms with E-state index >= 15 is 0 Å². The van der Waals surface area contributed by atoms with E-state index < -0.39 is 96.2 Å². The molecule has 6 aromatic carbocycles. The maximum Gasteiger partial charge on any atom is 0.572 e. The maximum atomic E-state index is 14.7. The number of phosphoric acid groups is 1. The van der Waals surface area contributed by atoms with Crippen molar-refractivity contribution in [3.63, 3.8) is 0 Å². The molecule has 0 heterocycles. The van der Waals surface area contributed by atoms with Gasteiger partial charge in [0.05, 0.1) is 24.1 Å². The Kier molecular flexibility index (Phi) is 20.6. The molecule has 0 bridgehead atoms. The van der Waals surface area contributed by atoms with Crippen molar-refractivity contribution in [3.8, 4) is 5.75 Å². The summed E-state index contributed by atoms with van der Waals surface area (Å²) in [4.78, 5) is 101. The molecule has 22 heteroatoms. The van der Waals surface area contributed by atoms with Crippen LogP contribution >= 0.6 is 7.82 Å². The van der Waals surface area contributed by atoms with Gasteiger partial charge in [0.25, 0.3) is 16.0 Å². The number of Topliss-reactive ketones (excluding diaryl/α,β-unsaturated/α-hetero) is 1. The van der Waals surface area contributed by atoms with Gasteiger partial charge in [0.1, 0.15) is 11.8 Å². The summed E-state index contributed by atoms with van der Waals surface area (Å²) >= 11 is 0. The Labute approximate surface area is 437 Å². The number of carbonyl (C=O) groups excluding carboxylic acids is 6. The molecule has 3 atom stereocenters. The zero-order chi connectivity index (χ0) is 54.8. The third-order valence-corrected chi connectivity index (χ3v) is 13.1. The zero-order valence-electron chi connectivity index (χ0n) is 40.7. The first kappa shape index (κ1) is 57.6. The van der Waals surface area contributed by atoms with Gasteiger partial charge >= 0.3 is 15.1 Å². The first-order valence-electron chi connectivity index (χ1n) is 23.9. The quantitative estimate of drug-likeness (QED) is 0.00566. The number of amides is 4. The Morgan fingerprint density at radius 3 is 1.87 bits per heavy atom. The second kappa shape index (κ2) is 27.2. The molecule has 0 unspecified atom stereocenters. The summed E-state index contributed by atoms with van der Waals surface area (Å²) in [5, 5.41) is 12.4. The average Bonchev–Trinajstić information content (AvgIpc) is 3.38. The molecule has 0 saturated heterocycles. The van der Waals surface area contributed by atoms with Crippen LogP contribution in [0.15, 0.2) is 158 Å². The molecule has 6 rings (SSSR count). The van der Waals surface area contributed by atoms with Crippen LogP contribution in [0.4, 0.5) is 8.63 Å². The van der Waals surface area contributed by atoms with Gasteiger partial charge in [-0.2, -0.15) is 8.42 Å². The minimum absolute atomic E-state index is 0.0246. The van der Waals surface area contributed by atoms with Crippen LogP contribution in [0.25, 0.3) is 16.2 Å². The van der Waals surface area contributed by atoms with Crippen molar-refractivity contribution in [3.05, 3.63) is 191 Å². The number of halogens is 2. The van der Waals surface area contributed by atoms with Gasteiger partial charge in [-0.05, 0) is 82.6 Å². The van der Waals surface area contributed by atoms with E-state index in [0.717, 1.165) is 16.8 Å². The van der Waals surface area contributed by atoms with Crippen LogP contribution in [0.2, 0.25) is 0 Å². The van der Waals surface area contributed by atoms with Crippen molar-refractivity contribution in [2.24, 2.45) is 5.92 Å². The molecular formula is C54H54BF2N4O13PS. The predicted molar refractivity (Wildman–Crippen MR) is 282 cm³/mol. The highest BCUT2D eigenvalue weighted by atomic mass is 32.2. The number of benzene rings is 6. The van der Waals surface area contributed by atoms with E-state index in [9.17, 15) is 64.7 Å². The molecule has 0 aliphatic carbocycles. The number of carbonyl (C=O) groups is 6. The lowest BCUT2D eigenvalue weighted by atomic mass is 9.78. The summed E-state index contributed by atoms with van der Waals surface area (Å²) in [5.74, 6) is -6.83.